The molecule has 0 radical (unpaired) electrons. The highest BCUT2D eigenvalue weighted by Gasteiger charge is 2.18. The Morgan fingerprint density at radius 3 is 2.88 bits per heavy atom. The molecule has 0 bridgehead atoms. The molecular weight excluding hydrogens is 228 g/mol. The zero-order chi connectivity index (χ0) is 11.7. The predicted molar refractivity (Wildman–Crippen MR) is 60.9 cm³/mol. The zero-order valence-corrected chi connectivity index (χ0v) is 9.39. The lowest BCUT2D eigenvalue weighted by molar-refractivity contribution is 0.206. The fourth-order valence-corrected chi connectivity index (χ4v) is 1.63. The first-order valence-corrected chi connectivity index (χ1v) is 5.03. The van der Waals surface area contributed by atoms with Gasteiger partial charge in [0.05, 0.1) is 5.02 Å². The molecule has 0 saturated carbocycles. The van der Waals surface area contributed by atoms with Gasteiger partial charge in [-0.1, -0.05) is 11.6 Å². The molecule has 0 amide bonds. The molecule has 6 heteroatoms. The van der Waals surface area contributed by atoms with Gasteiger partial charge in [-0.15, -0.1) is 0 Å². The topological polar surface area (TPSA) is 77.0 Å². The summed E-state index contributed by atoms with van der Waals surface area (Å²) in [6, 6.07) is 1.59. The molecule has 0 fully saturated rings. The number of aryl methyl sites for hydroxylation is 1. The zero-order valence-electron chi connectivity index (χ0n) is 8.63. The highest BCUT2D eigenvalue weighted by Crippen LogP contribution is 2.26. The maximum absolute atomic E-state index is 10.1. The lowest BCUT2D eigenvalue weighted by Gasteiger charge is -2.12. The van der Waals surface area contributed by atoms with Gasteiger partial charge in [0, 0.05) is 31.2 Å². The van der Waals surface area contributed by atoms with Crippen LogP contribution in [0.4, 0.5) is 5.82 Å². The van der Waals surface area contributed by atoms with E-state index in [2.05, 4.69) is 9.97 Å². The fourth-order valence-electron chi connectivity index (χ4n) is 1.46. The summed E-state index contributed by atoms with van der Waals surface area (Å²) in [5.41, 5.74) is 6.14. The summed E-state index contributed by atoms with van der Waals surface area (Å²) in [7, 11) is 1.79. The normalized spacial score (nSPS) is 12.7. The number of aliphatic hydroxyl groups excluding tert-OH is 1. The van der Waals surface area contributed by atoms with Gasteiger partial charge in [0.15, 0.2) is 0 Å². The smallest absolute Gasteiger partial charge is 0.142 e. The van der Waals surface area contributed by atoms with Crippen molar-refractivity contribution in [2.24, 2.45) is 7.05 Å². The average molecular weight is 239 g/mol. The molecule has 2 rings (SSSR count). The molecule has 84 valence electrons. The van der Waals surface area contributed by atoms with E-state index in [1.54, 1.807) is 30.1 Å². The van der Waals surface area contributed by atoms with E-state index in [9.17, 15) is 5.11 Å². The summed E-state index contributed by atoms with van der Waals surface area (Å²) in [5.74, 6) is 0.746. The van der Waals surface area contributed by atoms with Gasteiger partial charge >= 0.3 is 0 Å². The molecule has 0 aliphatic rings. The first-order chi connectivity index (χ1) is 7.59. The van der Waals surface area contributed by atoms with Crippen LogP contribution in [0.3, 0.4) is 0 Å². The minimum atomic E-state index is -0.925. The molecule has 3 N–H and O–H groups in total. The third kappa shape index (κ3) is 1.87. The number of nitrogen functional groups attached to an aromatic ring is 1. The number of hydrogen-bond acceptors (Lipinski definition) is 4. The quantitative estimate of drug-likeness (QED) is 0.822. The Bertz CT molecular complexity index is 511. The third-order valence-corrected chi connectivity index (χ3v) is 2.52. The molecule has 1 unspecified atom stereocenters. The van der Waals surface area contributed by atoms with Crippen molar-refractivity contribution in [3.63, 3.8) is 0 Å². The molecule has 16 heavy (non-hydrogen) atoms. The van der Waals surface area contributed by atoms with Crippen LogP contribution < -0.4 is 5.73 Å². The second-order valence-corrected chi connectivity index (χ2v) is 3.86. The van der Waals surface area contributed by atoms with Gasteiger partial charge < -0.3 is 15.4 Å². The summed E-state index contributed by atoms with van der Waals surface area (Å²) in [6.07, 6.45) is 3.86. The first-order valence-electron chi connectivity index (χ1n) is 4.66. The predicted octanol–water partition coefficient (Wildman–Crippen LogP) is 1.13. The van der Waals surface area contributed by atoms with Crippen molar-refractivity contribution < 1.29 is 5.11 Å². The maximum atomic E-state index is 10.1. The highest BCUT2D eigenvalue weighted by atomic mass is 35.5. The summed E-state index contributed by atoms with van der Waals surface area (Å²) < 4.78 is 1.71. The molecule has 0 aromatic carbocycles. The van der Waals surface area contributed by atoms with Crippen molar-refractivity contribution in [2.45, 2.75) is 6.10 Å². The van der Waals surface area contributed by atoms with E-state index in [-0.39, 0.29) is 5.82 Å². The minimum absolute atomic E-state index is 0.250. The molecule has 2 aromatic heterocycles. The van der Waals surface area contributed by atoms with Crippen molar-refractivity contribution in [3.05, 3.63) is 41.1 Å². The van der Waals surface area contributed by atoms with Crippen molar-refractivity contribution in [2.75, 3.05) is 5.73 Å². The number of halogens is 1. The molecule has 2 aromatic rings. The summed E-state index contributed by atoms with van der Waals surface area (Å²) >= 11 is 5.81. The Hall–Kier alpha value is -1.59. The number of hydrogen-bond donors (Lipinski definition) is 2. The number of anilines is 1. The molecule has 0 aliphatic heterocycles. The van der Waals surface area contributed by atoms with Crippen molar-refractivity contribution >= 4 is 17.4 Å². The number of aromatic nitrogens is 3. The Morgan fingerprint density at radius 2 is 2.25 bits per heavy atom. The van der Waals surface area contributed by atoms with E-state index < -0.39 is 6.10 Å². The van der Waals surface area contributed by atoms with Crippen LogP contribution in [0.5, 0.6) is 0 Å². The molecule has 0 saturated heterocycles. The van der Waals surface area contributed by atoms with Gasteiger partial charge in [-0.2, -0.15) is 0 Å². The highest BCUT2D eigenvalue weighted by molar-refractivity contribution is 6.30. The van der Waals surface area contributed by atoms with E-state index in [0.29, 0.717) is 16.4 Å². The van der Waals surface area contributed by atoms with E-state index in [0.717, 1.165) is 0 Å². The number of rotatable bonds is 2. The number of nitrogens with zero attached hydrogens (tertiary/aromatic N) is 3. The number of aliphatic hydroxyl groups is 1. The van der Waals surface area contributed by atoms with Gasteiger partial charge in [0.2, 0.25) is 0 Å². The number of pyridine rings is 1. The Morgan fingerprint density at radius 1 is 1.50 bits per heavy atom. The van der Waals surface area contributed by atoms with Crippen LogP contribution in [0.15, 0.2) is 24.7 Å². The Balaban J connectivity index is 2.45. The SMILES string of the molecule is Cn1ccnc1C(O)c1cc(Cl)cnc1N. The monoisotopic (exact) mass is 238 g/mol. The van der Waals surface area contributed by atoms with Gasteiger partial charge in [-0.25, -0.2) is 9.97 Å². The van der Waals surface area contributed by atoms with E-state index in [4.69, 9.17) is 17.3 Å². The van der Waals surface area contributed by atoms with Crippen LogP contribution >= 0.6 is 11.6 Å². The molecular formula is C10H11ClN4O. The lowest BCUT2D eigenvalue weighted by Crippen LogP contribution is -2.10. The largest absolute Gasteiger partial charge is 0.383 e. The van der Waals surface area contributed by atoms with Gasteiger partial charge in [-0.05, 0) is 6.07 Å². The number of nitrogens with two attached hydrogens (primary N) is 1. The third-order valence-electron chi connectivity index (χ3n) is 2.31. The van der Waals surface area contributed by atoms with Crippen LogP contribution in [-0.2, 0) is 7.05 Å². The van der Waals surface area contributed by atoms with Crippen molar-refractivity contribution in [3.8, 4) is 0 Å². The van der Waals surface area contributed by atoms with E-state index in [1.807, 2.05) is 0 Å². The molecule has 5 nitrogen and oxygen atoms in total. The second kappa shape index (κ2) is 4.11. The maximum Gasteiger partial charge on any atom is 0.142 e. The van der Waals surface area contributed by atoms with Crippen molar-refractivity contribution in [1.82, 2.24) is 14.5 Å². The summed E-state index contributed by atoms with van der Waals surface area (Å²) in [5, 5.41) is 10.5. The second-order valence-electron chi connectivity index (χ2n) is 3.43. The fraction of sp³-hybridized carbons (Fsp3) is 0.200. The van der Waals surface area contributed by atoms with Gasteiger partial charge in [-0.3, -0.25) is 0 Å². The average Bonchev–Trinajstić information content (AvgIpc) is 2.67. The molecule has 1 atom stereocenters. The standard InChI is InChI=1S/C10H11ClN4O/c1-15-3-2-13-10(15)8(16)7-4-6(11)5-14-9(7)12/h2-5,8,16H,1H3,(H2,12,14). The van der Waals surface area contributed by atoms with Crippen molar-refractivity contribution in [1.29, 1.82) is 0 Å². The van der Waals surface area contributed by atoms with Crippen LogP contribution in [0.25, 0.3) is 0 Å². The Labute approximate surface area is 97.5 Å². The van der Waals surface area contributed by atoms with Crippen LogP contribution in [0, 0.1) is 0 Å². The lowest BCUT2D eigenvalue weighted by atomic mass is 10.1. The van der Waals surface area contributed by atoms with Gasteiger partial charge in [0.1, 0.15) is 17.7 Å². The molecule has 0 spiro atoms. The molecule has 0 aliphatic carbocycles. The van der Waals surface area contributed by atoms with E-state index >= 15 is 0 Å². The minimum Gasteiger partial charge on any atom is -0.383 e. The number of imidazole rings is 1. The van der Waals surface area contributed by atoms with Crippen LogP contribution in [0.1, 0.15) is 17.5 Å². The van der Waals surface area contributed by atoms with Crippen LogP contribution in [0.2, 0.25) is 5.02 Å². The summed E-state index contributed by atoms with van der Waals surface area (Å²) in [6.45, 7) is 0. The Kier molecular flexibility index (Phi) is 2.80. The van der Waals surface area contributed by atoms with Gasteiger partial charge in [0.25, 0.3) is 0 Å². The molecule has 2 heterocycles. The summed E-state index contributed by atoms with van der Waals surface area (Å²) in [4.78, 5) is 7.94. The van der Waals surface area contributed by atoms with E-state index in [1.165, 1.54) is 6.20 Å². The van der Waals surface area contributed by atoms with Crippen LogP contribution in [-0.4, -0.2) is 19.6 Å². The first kappa shape index (κ1) is 10.9.